The second kappa shape index (κ2) is 7.45. The van der Waals surface area contributed by atoms with Crippen molar-refractivity contribution in [3.05, 3.63) is 59.9 Å². The minimum Gasteiger partial charge on any atom is -0.508 e. The number of rotatable bonds is 5. The maximum absolute atomic E-state index is 12.3. The van der Waals surface area contributed by atoms with Gasteiger partial charge in [-0.15, -0.1) is 0 Å². The zero-order valence-electron chi connectivity index (χ0n) is 12.3. The third-order valence-corrected chi connectivity index (χ3v) is 3.47. The van der Waals surface area contributed by atoms with E-state index in [0.717, 1.165) is 5.56 Å². The highest BCUT2D eigenvalue weighted by Crippen LogP contribution is 2.26. The first kappa shape index (κ1) is 15.8. The van der Waals surface area contributed by atoms with Crippen LogP contribution in [0.15, 0.2) is 54.3 Å². The predicted octanol–water partition coefficient (Wildman–Crippen LogP) is 2.54. The van der Waals surface area contributed by atoms with Gasteiger partial charge in [0.25, 0.3) is 0 Å². The SMILES string of the molecule is COC(=O)C(C(=O)OCc1ccccc1)C1C=CC(O)=CC1. The summed E-state index contributed by atoms with van der Waals surface area (Å²) in [5.74, 6) is -2.55. The van der Waals surface area contributed by atoms with Crippen LogP contribution < -0.4 is 0 Å². The van der Waals surface area contributed by atoms with Crippen molar-refractivity contribution in [1.29, 1.82) is 0 Å². The van der Waals surface area contributed by atoms with Gasteiger partial charge >= 0.3 is 11.9 Å². The van der Waals surface area contributed by atoms with Gasteiger partial charge in [-0.2, -0.15) is 0 Å². The molecule has 5 nitrogen and oxygen atoms in total. The molecule has 0 bridgehead atoms. The Kier molecular flexibility index (Phi) is 5.36. The van der Waals surface area contributed by atoms with Crippen LogP contribution in [0.3, 0.4) is 0 Å². The number of aliphatic hydroxyl groups is 1. The predicted molar refractivity (Wildman–Crippen MR) is 79.7 cm³/mol. The number of ether oxygens (including phenoxy) is 2. The molecule has 1 aliphatic carbocycles. The molecule has 0 aliphatic heterocycles. The van der Waals surface area contributed by atoms with E-state index < -0.39 is 17.9 Å². The Hall–Kier alpha value is -2.56. The molecule has 0 heterocycles. The molecule has 0 saturated heterocycles. The first-order valence-electron chi connectivity index (χ1n) is 6.97. The summed E-state index contributed by atoms with van der Waals surface area (Å²) < 4.78 is 9.95. The van der Waals surface area contributed by atoms with Crippen LogP contribution in [-0.4, -0.2) is 24.2 Å². The van der Waals surface area contributed by atoms with Gasteiger partial charge in [0.05, 0.1) is 7.11 Å². The van der Waals surface area contributed by atoms with Crippen LogP contribution >= 0.6 is 0 Å². The molecule has 0 amide bonds. The second-order valence-corrected chi connectivity index (χ2v) is 4.98. The molecule has 2 rings (SSSR count). The Morgan fingerprint density at radius 2 is 2.00 bits per heavy atom. The van der Waals surface area contributed by atoms with E-state index in [0.29, 0.717) is 6.42 Å². The van der Waals surface area contributed by atoms with Crippen molar-refractivity contribution >= 4 is 11.9 Å². The van der Waals surface area contributed by atoms with E-state index in [9.17, 15) is 14.7 Å². The van der Waals surface area contributed by atoms with Gasteiger partial charge in [0.1, 0.15) is 12.4 Å². The highest BCUT2D eigenvalue weighted by molar-refractivity contribution is 5.95. The summed E-state index contributed by atoms with van der Waals surface area (Å²) in [6.07, 6.45) is 5.03. The largest absolute Gasteiger partial charge is 0.508 e. The lowest BCUT2D eigenvalue weighted by molar-refractivity contribution is -0.163. The van der Waals surface area contributed by atoms with Crippen LogP contribution in [0.4, 0.5) is 0 Å². The summed E-state index contributed by atoms with van der Waals surface area (Å²) in [6.45, 7) is 0.102. The molecular weight excluding hydrogens is 284 g/mol. The van der Waals surface area contributed by atoms with E-state index in [4.69, 9.17) is 9.47 Å². The fraction of sp³-hybridized carbons (Fsp3) is 0.294. The number of esters is 2. The average molecular weight is 302 g/mol. The topological polar surface area (TPSA) is 72.8 Å². The number of aliphatic hydroxyl groups excluding tert-OH is 1. The van der Waals surface area contributed by atoms with Crippen molar-refractivity contribution in [2.24, 2.45) is 11.8 Å². The van der Waals surface area contributed by atoms with Gasteiger partial charge < -0.3 is 14.6 Å². The number of carbonyl (C=O) groups is 2. The number of methoxy groups -OCH3 is 1. The number of benzene rings is 1. The Balaban J connectivity index is 2.04. The van der Waals surface area contributed by atoms with E-state index in [1.807, 2.05) is 30.3 Å². The molecule has 22 heavy (non-hydrogen) atoms. The quantitative estimate of drug-likeness (QED) is 0.668. The van der Waals surface area contributed by atoms with Crippen LogP contribution in [0, 0.1) is 11.8 Å². The van der Waals surface area contributed by atoms with Crippen molar-refractivity contribution in [3.8, 4) is 0 Å². The van der Waals surface area contributed by atoms with Crippen LogP contribution in [0.2, 0.25) is 0 Å². The molecule has 0 fully saturated rings. The summed E-state index contributed by atoms with van der Waals surface area (Å²) in [6, 6.07) is 9.23. The van der Waals surface area contributed by atoms with Gasteiger partial charge in [-0.05, 0) is 24.1 Å². The molecule has 1 aliphatic rings. The summed E-state index contributed by atoms with van der Waals surface area (Å²) in [4.78, 5) is 24.2. The molecule has 1 N–H and O–H groups in total. The zero-order valence-corrected chi connectivity index (χ0v) is 12.3. The number of hydrogen-bond donors (Lipinski definition) is 1. The molecule has 1 aromatic rings. The summed E-state index contributed by atoms with van der Waals surface area (Å²) in [5, 5.41) is 9.34. The minimum atomic E-state index is -1.03. The highest BCUT2D eigenvalue weighted by atomic mass is 16.5. The van der Waals surface area contributed by atoms with E-state index in [2.05, 4.69) is 0 Å². The normalized spacial score (nSPS) is 18.2. The number of carbonyl (C=O) groups excluding carboxylic acids is 2. The van der Waals surface area contributed by atoms with E-state index >= 15 is 0 Å². The molecular formula is C17H18O5. The zero-order chi connectivity index (χ0) is 15.9. The molecule has 116 valence electrons. The molecule has 0 aromatic heterocycles. The highest BCUT2D eigenvalue weighted by Gasteiger charge is 2.36. The Labute approximate surface area is 128 Å². The number of allylic oxidation sites excluding steroid dienone is 3. The van der Waals surface area contributed by atoms with Gasteiger partial charge in [-0.25, -0.2) is 0 Å². The second-order valence-electron chi connectivity index (χ2n) is 4.98. The van der Waals surface area contributed by atoms with Crippen molar-refractivity contribution < 1.29 is 24.2 Å². The van der Waals surface area contributed by atoms with Crippen LogP contribution in [0.5, 0.6) is 0 Å². The summed E-state index contributed by atoms with van der Waals surface area (Å²) in [7, 11) is 1.24. The fourth-order valence-corrected chi connectivity index (χ4v) is 2.26. The molecule has 2 unspecified atom stereocenters. The van der Waals surface area contributed by atoms with Gasteiger partial charge in [-0.1, -0.05) is 36.4 Å². The van der Waals surface area contributed by atoms with E-state index in [1.165, 1.54) is 13.2 Å². The molecule has 2 atom stereocenters. The maximum Gasteiger partial charge on any atom is 0.321 e. The molecule has 0 saturated carbocycles. The fourth-order valence-electron chi connectivity index (χ4n) is 2.26. The van der Waals surface area contributed by atoms with Crippen molar-refractivity contribution in [2.75, 3.05) is 7.11 Å². The van der Waals surface area contributed by atoms with Gasteiger partial charge in [0, 0.05) is 5.92 Å². The first-order valence-corrected chi connectivity index (χ1v) is 6.97. The average Bonchev–Trinajstić information content (AvgIpc) is 2.55. The molecule has 0 spiro atoms. The lowest BCUT2D eigenvalue weighted by Crippen LogP contribution is -2.33. The van der Waals surface area contributed by atoms with E-state index in [1.54, 1.807) is 12.2 Å². The van der Waals surface area contributed by atoms with Crippen LogP contribution in [0.25, 0.3) is 0 Å². The molecule has 5 heteroatoms. The van der Waals surface area contributed by atoms with E-state index in [-0.39, 0.29) is 18.3 Å². The maximum atomic E-state index is 12.3. The molecule has 1 aromatic carbocycles. The molecule has 0 radical (unpaired) electrons. The van der Waals surface area contributed by atoms with Gasteiger partial charge in [-0.3, -0.25) is 9.59 Å². The minimum absolute atomic E-state index is 0.102. The summed E-state index contributed by atoms with van der Waals surface area (Å²) >= 11 is 0. The lowest BCUT2D eigenvalue weighted by atomic mass is 9.86. The van der Waals surface area contributed by atoms with Crippen molar-refractivity contribution in [2.45, 2.75) is 13.0 Å². The van der Waals surface area contributed by atoms with Gasteiger partial charge in [0.15, 0.2) is 5.92 Å². The Bertz CT molecular complexity index is 588. The monoisotopic (exact) mass is 302 g/mol. The smallest absolute Gasteiger partial charge is 0.321 e. The van der Waals surface area contributed by atoms with Crippen molar-refractivity contribution in [3.63, 3.8) is 0 Å². The Morgan fingerprint density at radius 1 is 1.27 bits per heavy atom. The van der Waals surface area contributed by atoms with Crippen LogP contribution in [0.1, 0.15) is 12.0 Å². The lowest BCUT2D eigenvalue weighted by Gasteiger charge is -2.22. The third kappa shape index (κ3) is 3.97. The third-order valence-electron chi connectivity index (χ3n) is 3.47. The van der Waals surface area contributed by atoms with Crippen molar-refractivity contribution in [1.82, 2.24) is 0 Å². The number of hydrogen-bond acceptors (Lipinski definition) is 5. The summed E-state index contributed by atoms with van der Waals surface area (Å²) in [5.41, 5.74) is 0.844. The first-order chi connectivity index (χ1) is 10.6. The van der Waals surface area contributed by atoms with Crippen LogP contribution in [-0.2, 0) is 25.7 Å². The standard InChI is InChI=1S/C17H18O5/c1-21-16(19)15(13-7-9-14(18)10-8-13)17(20)22-11-12-5-3-2-4-6-12/h2-7,9-10,13,15,18H,8,11H2,1H3. The van der Waals surface area contributed by atoms with Gasteiger partial charge in [0.2, 0.25) is 0 Å². The Morgan fingerprint density at radius 3 is 2.59 bits per heavy atom.